The van der Waals surface area contributed by atoms with E-state index in [4.69, 9.17) is 0 Å². The minimum atomic E-state index is 1.24. The second-order valence-electron chi connectivity index (χ2n) is 10.5. The topological polar surface area (TPSA) is 0 Å². The van der Waals surface area contributed by atoms with Crippen LogP contribution in [0.4, 0.5) is 0 Å². The number of hydrogen-bond donors (Lipinski definition) is 0. The first-order valence-corrected chi connectivity index (χ1v) is 13.9. The summed E-state index contributed by atoms with van der Waals surface area (Å²) in [6.45, 7) is 0. The number of fused-ring (bicyclic) bond motifs is 4. The molecule has 0 atom stereocenters. The molecule has 0 saturated carbocycles. The highest BCUT2D eigenvalue weighted by atomic mass is 14.2. The third kappa shape index (κ3) is 3.54. The van der Waals surface area contributed by atoms with Crippen molar-refractivity contribution in [3.63, 3.8) is 0 Å². The predicted octanol–water partition coefficient (Wildman–Crippen LogP) is 11.3. The third-order valence-electron chi connectivity index (χ3n) is 8.25. The lowest BCUT2D eigenvalue weighted by Gasteiger charge is -2.19. The van der Waals surface area contributed by atoms with Crippen LogP contribution < -0.4 is 0 Å². The van der Waals surface area contributed by atoms with Crippen LogP contribution in [0.5, 0.6) is 0 Å². The van der Waals surface area contributed by atoms with Gasteiger partial charge in [-0.15, -0.1) is 0 Å². The van der Waals surface area contributed by atoms with Crippen molar-refractivity contribution in [3.8, 4) is 33.4 Å². The molecule has 0 nitrogen and oxygen atoms in total. The average molecular weight is 507 g/mol. The Labute approximate surface area is 233 Å². The molecule has 8 aromatic carbocycles. The monoisotopic (exact) mass is 506 g/mol. The normalized spacial score (nSPS) is 11.5. The number of benzene rings is 8. The van der Waals surface area contributed by atoms with Crippen molar-refractivity contribution >= 4 is 43.1 Å². The highest BCUT2D eigenvalue weighted by Gasteiger charge is 2.18. The van der Waals surface area contributed by atoms with E-state index in [0.717, 1.165) is 0 Å². The van der Waals surface area contributed by atoms with Crippen molar-refractivity contribution in [2.24, 2.45) is 0 Å². The van der Waals surface area contributed by atoms with E-state index in [1.165, 1.54) is 76.5 Å². The van der Waals surface area contributed by atoms with Crippen LogP contribution in [0.25, 0.3) is 76.5 Å². The summed E-state index contributed by atoms with van der Waals surface area (Å²) in [5, 5.41) is 10.2. The molecule has 8 rings (SSSR count). The second kappa shape index (κ2) is 9.22. The third-order valence-corrected chi connectivity index (χ3v) is 8.25. The number of hydrogen-bond acceptors (Lipinski definition) is 0. The molecule has 0 unspecified atom stereocenters. The van der Waals surface area contributed by atoms with E-state index in [-0.39, 0.29) is 0 Å². The van der Waals surface area contributed by atoms with E-state index < -0.39 is 0 Å². The summed E-state index contributed by atoms with van der Waals surface area (Å²) in [5.74, 6) is 0. The molecule has 0 aliphatic rings. The first-order valence-electron chi connectivity index (χ1n) is 13.9. The van der Waals surface area contributed by atoms with Gasteiger partial charge in [-0.2, -0.15) is 0 Å². The van der Waals surface area contributed by atoms with E-state index in [1.54, 1.807) is 0 Å². The first-order chi connectivity index (χ1) is 19.9. The predicted molar refractivity (Wildman–Crippen MR) is 173 cm³/mol. The summed E-state index contributed by atoms with van der Waals surface area (Å²) in [6.07, 6.45) is 0. The summed E-state index contributed by atoms with van der Waals surface area (Å²) in [7, 11) is 0. The minimum absolute atomic E-state index is 1.24. The van der Waals surface area contributed by atoms with Crippen LogP contribution >= 0.6 is 0 Å². The summed E-state index contributed by atoms with van der Waals surface area (Å²) >= 11 is 0. The Morgan fingerprint density at radius 1 is 0.250 bits per heavy atom. The Morgan fingerprint density at radius 3 is 1.30 bits per heavy atom. The zero-order valence-corrected chi connectivity index (χ0v) is 22.0. The van der Waals surface area contributed by atoms with E-state index >= 15 is 0 Å². The Bertz CT molecular complexity index is 2140. The van der Waals surface area contributed by atoms with E-state index in [1.807, 2.05) is 0 Å². The molecule has 0 fully saturated rings. The first kappa shape index (κ1) is 22.8. The van der Waals surface area contributed by atoms with Crippen LogP contribution in [-0.4, -0.2) is 0 Å². The maximum atomic E-state index is 2.32. The van der Waals surface area contributed by atoms with Gasteiger partial charge in [0.25, 0.3) is 0 Å². The fourth-order valence-electron chi connectivity index (χ4n) is 6.46. The molecule has 0 N–H and O–H groups in total. The SMILES string of the molecule is c1ccc(-c2ccc3c(-c4c5ccccc5c(-c5cccc6ccccc56)c5ccccc45)cccc3c2)cc1. The largest absolute Gasteiger partial charge is 0.0622 e. The average Bonchev–Trinajstić information content (AvgIpc) is 3.03. The summed E-state index contributed by atoms with van der Waals surface area (Å²) in [4.78, 5) is 0. The van der Waals surface area contributed by atoms with Gasteiger partial charge in [-0.25, -0.2) is 0 Å². The standard InChI is InChI=1S/C40H26/c1-2-12-27(13-3-1)29-24-25-32-30(26-29)16-11-23-34(32)40-37-20-8-6-18-35(37)39(36-19-7-9-21-38(36)40)33-22-10-15-28-14-4-5-17-31(28)33/h1-26H. The molecule has 0 amide bonds. The van der Waals surface area contributed by atoms with Crippen molar-refractivity contribution in [2.45, 2.75) is 0 Å². The fraction of sp³-hybridized carbons (Fsp3) is 0. The molecule has 0 radical (unpaired) electrons. The summed E-state index contributed by atoms with van der Waals surface area (Å²) in [5.41, 5.74) is 7.64. The molecule has 0 heterocycles. The quantitative estimate of drug-likeness (QED) is 0.209. The van der Waals surface area contributed by atoms with Gasteiger partial charge in [0.1, 0.15) is 0 Å². The number of rotatable bonds is 3. The van der Waals surface area contributed by atoms with Crippen LogP contribution in [-0.2, 0) is 0 Å². The molecule has 0 spiro atoms. The Hall–Kier alpha value is -5.20. The maximum absolute atomic E-state index is 2.32. The van der Waals surface area contributed by atoms with Crippen LogP contribution in [0.1, 0.15) is 0 Å². The molecule has 0 aliphatic heterocycles. The smallest absolute Gasteiger partial charge is 0.00201 e. The van der Waals surface area contributed by atoms with Crippen molar-refractivity contribution in [2.75, 3.05) is 0 Å². The van der Waals surface area contributed by atoms with Crippen molar-refractivity contribution < 1.29 is 0 Å². The van der Waals surface area contributed by atoms with Crippen LogP contribution in [0.3, 0.4) is 0 Å². The van der Waals surface area contributed by atoms with Gasteiger partial charge in [0.05, 0.1) is 0 Å². The van der Waals surface area contributed by atoms with Crippen LogP contribution in [0, 0.1) is 0 Å². The summed E-state index contributed by atoms with van der Waals surface area (Å²) < 4.78 is 0. The van der Waals surface area contributed by atoms with Gasteiger partial charge in [-0.05, 0) is 82.5 Å². The zero-order chi connectivity index (χ0) is 26.5. The fourth-order valence-corrected chi connectivity index (χ4v) is 6.46. The van der Waals surface area contributed by atoms with Crippen LogP contribution in [0.15, 0.2) is 158 Å². The Morgan fingerprint density at radius 2 is 0.700 bits per heavy atom. The van der Waals surface area contributed by atoms with Crippen molar-refractivity contribution in [1.82, 2.24) is 0 Å². The minimum Gasteiger partial charge on any atom is -0.0622 e. The molecule has 186 valence electrons. The van der Waals surface area contributed by atoms with Gasteiger partial charge < -0.3 is 0 Å². The lowest BCUT2D eigenvalue weighted by Crippen LogP contribution is -1.92. The molecular formula is C40H26. The second-order valence-corrected chi connectivity index (χ2v) is 10.5. The Kier molecular flexibility index (Phi) is 5.24. The van der Waals surface area contributed by atoms with Gasteiger partial charge >= 0.3 is 0 Å². The highest BCUT2D eigenvalue weighted by Crippen LogP contribution is 2.46. The summed E-state index contributed by atoms with van der Waals surface area (Å²) in [6, 6.07) is 57.5. The van der Waals surface area contributed by atoms with Gasteiger partial charge in [0, 0.05) is 0 Å². The zero-order valence-electron chi connectivity index (χ0n) is 22.0. The van der Waals surface area contributed by atoms with Crippen molar-refractivity contribution in [3.05, 3.63) is 158 Å². The lowest BCUT2D eigenvalue weighted by molar-refractivity contribution is 1.64. The van der Waals surface area contributed by atoms with Crippen LogP contribution in [0.2, 0.25) is 0 Å². The van der Waals surface area contributed by atoms with Gasteiger partial charge in [0.15, 0.2) is 0 Å². The van der Waals surface area contributed by atoms with Gasteiger partial charge in [0.2, 0.25) is 0 Å². The highest BCUT2D eigenvalue weighted by molar-refractivity contribution is 6.25. The molecule has 0 aliphatic carbocycles. The van der Waals surface area contributed by atoms with Gasteiger partial charge in [-0.1, -0.05) is 152 Å². The van der Waals surface area contributed by atoms with E-state index in [0.29, 0.717) is 0 Å². The van der Waals surface area contributed by atoms with E-state index in [9.17, 15) is 0 Å². The maximum Gasteiger partial charge on any atom is -0.00201 e. The molecule has 40 heavy (non-hydrogen) atoms. The molecule has 0 aromatic heterocycles. The molecule has 8 aromatic rings. The van der Waals surface area contributed by atoms with Gasteiger partial charge in [-0.3, -0.25) is 0 Å². The lowest BCUT2D eigenvalue weighted by atomic mass is 9.83. The molecule has 0 bridgehead atoms. The molecule has 0 saturated heterocycles. The Balaban J connectivity index is 1.47. The van der Waals surface area contributed by atoms with E-state index in [2.05, 4.69) is 158 Å². The molecular weight excluding hydrogens is 480 g/mol. The van der Waals surface area contributed by atoms with Crippen molar-refractivity contribution in [1.29, 1.82) is 0 Å². The molecule has 0 heteroatoms.